The second-order valence-electron chi connectivity index (χ2n) is 8.24. The van der Waals surface area contributed by atoms with Gasteiger partial charge in [0, 0.05) is 18.2 Å². The number of rotatable bonds is 9. The van der Waals surface area contributed by atoms with Crippen LogP contribution in [-0.4, -0.2) is 55.9 Å². The van der Waals surface area contributed by atoms with Crippen LogP contribution < -0.4 is 19.1 Å². The molecular weight excluding hydrogens is 450 g/mol. The van der Waals surface area contributed by atoms with Crippen LogP contribution in [0.1, 0.15) is 38.3 Å². The van der Waals surface area contributed by atoms with Gasteiger partial charge < -0.3 is 23.5 Å². The lowest BCUT2D eigenvalue weighted by Crippen LogP contribution is -2.50. The molecule has 1 aliphatic rings. The molecule has 9 nitrogen and oxygen atoms in total. The van der Waals surface area contributed by atoms with Crippen molar-refractivity contribution in [3.63, 3.8) is 0 Å². The minimum Gasteiger partial charge on any atom is -0.496 e. The van der Waals surface area contributed by atoms with Gasteiger partial charge >= 0.3 is 5.97 Å². The van der Waals surface area contributed by atoms with E-state index in [-0.39, 0.29) is 12.5 Å². The van der Waals surface area contributed by atoms with Crippen LogP contribution in [0.4, 0.5) is 5.95 Å². The lowest BCUT2D eigenvalue weighted by atomic mass is 9.88. The number of unbranched alkanes of at least 4 members (excludes halogenated alkanes) is 1. The van der Waals surface area contributed by atoms with Crippen molar-refractivity contribution in [3.8, 4) is 17.2 Å². The van der Waals surface area contributed by atoms with Crippen LogP contribution in [0.2, 0.25) is 0 Å². The molecule has 0 bridgehead atoms. The number of esters is 1. The average Bonchev–Trinajstić information content (AvgIpc) is 3.26. The zero-order valence-corrected chi connectivity index (χ0v) is 20.7. The largest absolute Gasteiger partial charge is 0.496 e. The van der Waals surface area contributed by atoms with E-state index in [1.165, 1.54) is 21.3 Å². The van der Waals surface area contributed by atoms with E-state index in [1.54, 1.807) is 24.0 Å². The first-order chi connectivity index (χ1) is 17.0. The fourth-order valence-corrected chi connectivity index (χ4v) is 4.64. The van der Waals surface area contributed by atoms with E-state index in [0.29, 0.717) is 35.3 Å². The van der Waals surface area contributed by atoms with Crippen LogP contribution in [0, 0.1) is 5.92 Å². The SMILES string of the molecule is CCCCN1C(=O)C(C(=O)OCC)C(c2cc(OC)c(OC)cc2OC)n2c1nc1ccccc12. The van der Waals surface area contributed by atoms with Crippen molar-refractivity contribution in [2.75, 3.05) is 39.4 Å². The van der Waals surface area contributed by atoms with Gasteiger partial charge in [0.15, 0.2) is 17.4 Å². The molecule has 0 spiro atoms. The molecule has 0 radical (unpaired) electrons. The van der Waals surface area contributed by atoms with E-state index in [2.05, 4.69) is 6.92 Å². The van der Waals surface area contributed by atoms with Crippen LogP contribution in [0.5, 0.6) is 17.2 Å². The minimum atomic E-state index is -1.14. The lowest BCUT2D eigenvalue weighted by molar-refractivity contribution is -0.153. The molecule has 0 saturated carbocycles. The number of hydrogen-bond acceptors (Lipinski definition) is 7. The van der Waals surface area contributed by atoms with Gasteiger partial charge in [-0.05, 0) is 31.5 Å². The number of nitrogens with zero attached hydrogens (tertiary/aromatic N) is 3. The Morgan fingerprint density at radius 3 is 2.34 bits per heavy atom. The summed E-state index contributed by atoms with van der Waals surface area (Å²) < 4.78 is 24.1. The summed E-state index contributed by atoms with van der Waals surface area (Å²) in [6.45, 7) is 4.39. The third-order valence-electron chi connectivity index (χ3n) is 6.27. The van der Waals surface area contributed by atoms with Crippen LogP contribution in [-0.2, 0) is 14.3 Å². The fraction of sp³-hybridized carbons (Fsp3) is 0.423. The number of para-hydroxylation sites is 2. The van der Waals surface area contributed by atoms with Gasteiger partial charge in [-0.25, -0.2) is 4.98 Å². The molecule has 9 heteroatoms. The second-order valence-corrected chi connectivity index (χ2v) is 8.24. The maximum absolute atomic E-state index is 13.9. The van der Waals surface area contributed by atoms with Crippen LogP contribution >= 0.6 is 0 Å². The van der Waals surface area contributed by atoms with Gasteiger partial charge in [-0.1, -0.05) is 25.5 Å². The normalized spacial score (nSPS) is 17.3. The van der Waals surface area contributed by atoms with Gasteiger partial charge in [0.05, 0.1) is 45.0 Å². The van der Waals surface area contributed by atoms with Gasteiger partial charge in [0.2, 0.25) is 11.9 Å². The van der Waals surface area contributed by atoms with Crippen LogP contribution in [0.15, 0.2) is 36.4 Å². The predicted octanol–water partition coefficient (Wildman–Crippen LogP) is 3.98. The van der Waals surface area contributed by atoms with Gasteiger partial charge in [-0.15, -0.1) is 0 Å². The summed E-state index contributed by atoms with van der Waals surface area (Å²) >= 11 is 0. The van der Waals surface area contributed by atoms with Crippen molar-refractivity contribution >= 4 is 28.9 Å². The van der Waals surface area contributed by atoms with E-state index in [0.717, 1.165) is 23.9 Å². The van der Waals surface area contributed by atoms with E-state index in [9.17, 15) is 9.59 Å². The summed E-state index contributed by atoms with van der Waals surface area (Å²) in [5, 5.41) is 0. The van der Waals surface area contributed by atoms with E-state index in [4.69, 9.17) is 23.9 Å². The van der Waals surface area contributed by atoms with E-state index < -0.39 is 17.9 Å². The predicted molar refractivity (Wildman–Crippen MR) is 131 cm³/mol. The molecule has 1 aliphatic heterocycles. The number of ether oxygens (including phenoxy) is 4. The number of methoxy groups -OCH3 is 3. The summed E-state index contributed by atoms with van der Waals surface area (Å²) in [7, 11) is 4.61. The number of hydrogen-bond donors (Lipinski definition) is 0. The molecule has 35 heavy (non-hydrogen) atoms. The highest BCUT2D eigenvalue weighted by Gasteiger charge is 2.48. The average molecular weight is 482 g/mol. The Morgan fingerprint density at radius 1 is 1.00 bits per heavy atom. The number of carbonyl (C=O) groups is 2. The van der Waals surface area contributed by atoms with Crippen LogP contribution in [0.25, 0.3) is 11.0 Å². The Morgan fingerprint density at radius 2 is 1.69 bits per heavy atom. The molecule has 0 N–H and O–H groups in total. The Labute approximate surface area is 204 Å². The molecule has 2 unspecified atom stereocenters. The highest BCUT2D eigenvalue weighted by Crippen LogP contribution is 2.47. The van der Waals surface area contributed by atoms with E-state index in [1.807, 2.05) is 28.8 Å². The van der Waals surface area contributed by atoms with Crippen LogP contribution in [0.3, 0.4) is 0 Å². The fourth-order valence-electron chi connectivity index (χ4n) is 4.64. The number of carbonyl (C=O) groups excluding carboxylic acids is 2. The summed E-state index contributed by atoms with van der Waals surface area (Å²) in [6.07, 6.45) is 1.66. The van der Waals surface area contributed by atoms with Gasteiger partial charge in [0.25, 0.3) is 0 Å². The molecule has 3 aromatic rings. The molecule has 186 valence electrons. The van der Waals surface area contributed by atoms with Crippen molar-refractivity contribution in [3.05, 3.63) is 42.0 Å². The van der Waals surface area contributed by atoms with Crippen molar-refractivity contribution in [1.29, 1.82) is 0 Å². The van der Waals surface area contributed by atoms with Gasteiger partial charge in [0.1, 0.15) is 5.75 Å². The second kappa shape index (κ2) is 10.2. The first-order valence-corrected chi connectivity index (χ1v) is 11.7. The Kier molecular flexibility index (Phi) is 7.14. The Bertz CT molecular complexity index is 1240. The molecular formula is C26H31N3O6. The van der Waals surface area contributed by atoms with E-state index >= 15 is 0 Å². The molecule has 2 heterocycles. The third-order valence-corrected chi connectivity index (χ3v) is 6.27. The minimum absolute atomic E-state index is 0.158. The topological polar surface area (TPSA) is 92.1 Å². The van der Waals surface area contributed by atoms with Crippen molar-refractivity contribution in [2.24, 2.45) is 5.92 Å². The Balaban J connectivity index is 2.05. The van der Waals surface area contributed by atoms with Crippen molar-refractivity contribution in [2.45, 2.75) is 32.7 Å². The molecule has 1 aromatic heterocycles. The van der Waals surface area contributed by atoms with Gasteiger partial charge in [-0.2, -0.15) is 0 Å². The van der Waals surface area contributed by atoms with Gasteiger partial charge in [-0.3, -0.25) is 14.5 Å². The first kappa shape index (κ1) is 24.4. The quantitative estimate of drug-likeness (QED) is 0.337. The molecule has 1 amide bonds. The standard InChI is InChI=1S/C26H31N3O6/c1-6-8-13-28-24(30)22(25(31)35-7-2)23(29-18-12-10-9-11-17(18)27-26(28)29)16-14-20(33-4)21(34-5)15-19(16)32-3/h9-12,14-15,22-23H,6-8,13H2,1-5H3. The maximum atomic E-state index is 13.9. The lowest BCUT2D eigenvalue weighted by Gasteiger charge is -2.38. The van der Waals surface area contributed by atoms with Crippen molar-refractivity contribution < 1.29 is 28.5 Å². The highest BCUT2D eigenvalue weighted by atomic mass is 16.5. The summed E-state index contributed by atoms with van der Waals surface area (Å²) in [6, 6.07) is 10.3. The smallest absolute Gasteiger partial charge is 0.321 e. The van der Waals surface area contributed by atoms with Crippen molar-refractivity contribution in [1.82, 2.24) is 9.55 Å². The third kappa shape index (κ3) is 4.15. The number of anilines is 1. The zero-order valence-electron chi connectivity index (χ0n) is 20.7. The monoisotopic (exact) mass is 481 g/mol. The number of imidazole rings is 1. The highest BCUT2D eigenvalue weighted by molar-refractivity contribution is 6.08. The summed E-state index contributed by atoms with van der Waals surface area (Å²) in [5.41, 5.74) is 2.12. The summed E-state index contributed by atoms with van der Waals surface area (Å²) in [4.78, 5) is 33.7. The maximum Gasteiger partial charge on any atom is 0.321 e. The number of fused-ring (bicyclic) bond motifs is 3. The molecule has 2 aromatic carbocycles. The number of aromatic nitrogens is 2. The zero-order chi connectivity index (χ0) is 25.1. The number of benzene rings is 2. The molecule has 0 fully saturated rings. The molecule has 2 atom stereocenters. The molecule has 4 rings (SSSR count). The summed E-state index contributed by atoms with van der Waals surface area (Å²) in [5.74, 6) is -0.191. The number of amides is 1. The molecule has 0 saturated heterocycles. The first-order valence-electron chi connectivity index (χ1n) is 11.7. The molecule has 0 aliphatic carbocycles. The Hall–Kier alpha value is -3.75.